The summed E-state index contributed by atoms with van der Waals surface area (Å²) in [5.74, 6) is 0.557. The molecule has 0 N–H and O–H groups in total. The molecular weight excluding hydrogens is 354 g/mol. The third kappa shape index (κ3) is 4.33. The highest BCUT2D eigenvalue weighted by molar-refractivity contribution is 6.32. The zero-order valence-electron chi connectivity index (χ0n) is 16.7. The number of piperidine rings is 1. The third-order valence-electron chi connectivity index (χ3n) is 6.07. The van der Waals surface area contributed by atoms with Crippen molar-refractivity contribution < 1.29 is 0 Å². The minimum Gasteiger partial charge on any atom is -0.372 e. The first-order valence-electron chi connectivity index (χ1n) is 9.92. The number of nitriles is 1. The summed E-state index contributed by atoms with van der Waals surface area (Å²) in [6.45, 7) is 14.2. The lowest BCUT2D eigenvalue weighted by Crippen LogP contribution is -2.40. The van der Waals surface area contributed by atoms with Crippen molar-refractivity contribution in [2.24, 2.45) is 11.3 Å². The average Bonchev–Trinajstić information content (AvgIpc) is 2.96. The van der Waals surface area contributed by atoms with E-state index in [1.54, 1.807) is 0 Å². The van der Waals surface area contributed by atoms with Crippen LogP contribution in [0.3, 0.4) is 0 Å². The Balaban J connectivity index is 1.66. The largest absolute Gasteiger partial charge is 0.372 e. The van der Waals surface area contributed by atoms with E-state index in [9.17, 15) is 0 Å². The zero-order valence-corrected chi connectivity index (χ0v) is 17.5. The minimum absolute atomic E-state index is 0.373. The number of rotatable bonds is 4. The Bertz CT molecular complexity index is 766. The standard InChI is InChI=1S/C23H30ClN3/c1-17(2)5-6-18(3)26-11-9-23(10-12-26)14-19(4)27(16-23)21-8-7-20(15-25)22(24)13-21/h5-8,13,17,19H,3,9-12,14,16H2,1-2,4H3/b6-5-. The molecule has 2 saturated heterocycles. The summed E-state index contributed by atoms with van der Waals surface area (Å²) in [6.07, 6.45) is 8.01. The van der Waals surface area contributed by atoms with Crippen LogP contribution in [0.4, 0.5) is 5.69 Å². The lowest BCUT2D eigenvalue weighted by molar-refractivity contribution is 0.147. The summed E-state index contributed by atoms with van der Waals surface area (Å²) >= 11 is 6.27. The van der Waals surface area contributed by atoms with Gasteiger partial charge in [0.1, 0.15) is 6.07 Å². The molecule has 0 saturated carbocycles. The molecular formula is C23H30ClN3. The van der Waals surface area contributed by atoms with Gasteiger partial charge in [0.25, 0.3) is 0 Å². The van der Waals surface area contributed by atoms with Gasteiger partial charge in [-0.15, -0.1) is 0 Å². The van der Waals surface area contributed by atoms with Crippen molar-refractivity contribution in [1.82, 2.24) is 4.90 Å². The van der Waals surface area contributed by atoms with E-state index in [1.807, 2.05) is 18.2 Å². The average molecular weight is 384 g/mol. The van der Waals surface area contributed by atoms with Gasteiger partial charge in [0.15, 0.2) is 0 Å². The number of hydrogen-bond acceptors (Lipinski definition) is 3. The van der Waals surface area contributed by atoms with Crippen molar-refractivity contribution in [1.29, 1.82) is 5.26 Å². The molecule has 0 radical (unpaired) electrons. The predicted molar refractivity (Wildman–Crippen MR) is 114 cm³/mol. The Morgan fingerprint density at radius 1 is 1.37 bits per heavy atom. The summed E-state index contributed by atoms with van der Waals surface area (Å²) in [7, 11) is 0. The van der Waals surface area contributed by atoms with Crippen molar-refractivity contribution in [3.8, 4) is 6.07 Å². The van der Waals surface area contributed by atoms with E-state index in [0.29, 0.717) is 28.0 Å². The number of likely N-dealkylation sites (tertiary alicyclic amines) is 1. The van der Waals surface area contributed by atoms with Gasteiger partial charge >= 0.3 is 0 Å². The quantitative estimate of drug-likeness (QED) is 0.632. The molecule has 1 unspecified atom stereocenters. The molecule has 0 bridgehead atoms. The second-order valence-electron chi connectivity index (χ2n) is 8.54. The van der Waals surface area contributed by atoms with Gasteiger partial charge in [0.2, 0.25) is 0 Å². The number of hydrogen-bond donors (Lipinski definition) is 0. The Hall–Kier alpha value is -1.92. The van der Waals surface area contributed by atoms with Crippen molar-refractivity contribution in [3.05, 3.63) is 53.2 Å². The smallest absolute Gasteiger partial charge is 0.101 e. The van der Waals surface area contributed by atoms with Gasteiger partial charge in [-0.3, -0.25) is 0 Å². The van der Waals surface area contributed by atoms with Gasteiger partial charge in [-0.1, -0.05) is 38.1 Å². The minimum atomic E-state index is 0.373. The molecule has 2 aliphatic heterocycles. The molecule has 1 aromatic carbocycles. The van der Waals surface area contributed by atoms with Crippen LogP contribution >= 0.6 is 11.6 Å². The van der Waals surface area contributed by atoms with Crippen LogP contribution in [-0.2, 0) is 0 Å². The maximum absolute atomic E-state index is 9.10. The Kier molecular flexibility index (Phi) is 5.86. The highest BCUT2D eigenvalue weighted by Crippen LogP contribution is 2.45. The summed E-state index contributed by atoms with van der Waals surface area (Å²) < 4.78 is 0. The number of nitrogens with zero attached hydrogens (tertiary/aromatic N) is 3. The van der Waals surface area contributed by atoms with Crippen LogP contribution in [0.5, 0.6) is 0 Å². The highest BCUT2D eigenvalue weighted by Gasteiger charge is 2.44. The van der Waals surface area contributed by atoms with Crippen LogP contribution in [0.2, 0.25) is 5.02 Å². The Morgan fingerprint density at radius 2 is 2.07 bits per heavy atom. The lowest BCUT2D eigenvalue weighted by atomic mass is 9.76. The van der Waals surface area contributed by atoms with E-state index in [4.69, 9.17) is 16.9 Å². The number of halogens is 1. The van der Waals surface area contributed by atoms with Crippen molar-refractivity contribution >= 4 is 17.3 Å². The van der Waals surface area contributed by atoms with Gasteiger partial charge in [-0.2, -0.15) is 5.26 Å². The predicted octanol–water partition coefficient (Wildman–Crippen LogP) is 5.62. The molecule has 0 amide bonds. The molecule has 3 rings (SSSR count). The first-order chi connectivity index (χ1) is 12.8. The molecule has 27 heavy (non-hydrogen) atoms. The fraction of sp³-hybridized carbons (Fsp3) is 0.522. The van der Waals surface area contributed by atoms with E-state index in [1.165, 1.54) is 19.3 Å². The third-order valence-corrected chi connectivity index (χ3v) is 6.39. The summed E-state index contributed by atoms with van der Waals surface area (Å²) in [4.78, 5) is 4.90. The van der Waals surface area contributed by atoms with Crippen LogP contribution < -0.4 is 4.90 Å². The van der Waals surface area contributed by atoms with E-state index in [0.717, 1.165) is 31.0 Å². The second-order valence-corrected chi connectivity index (χ2v) is 8.95. The molecule has 1 atom stereocenters. The molecule has 3 nitrogen and oxygen atoms in total. The zero-order chi connectivity index (χ0) is 19.6. The van der Waals surface area contributed by atoms with Gasteiger partial charge in [0, 0.05) is 37.1 Å². The van der Waals surface area contributed by atoms with Crippen molar-refractivity contribution in [3.63, 3.8) is 0 Å². The molecule has 1 spiro atoms. The fourth-order valence-electron chi connectivity index (χ4n) is 4.48. The topological polar surface area (TPSA) is 30.3 Å². The molecule has 2 aliphatic rings. The number of benzene rings is 1. The molecule has 4 heteroatoms. The normalized spacial score (nSPS) is 22.0. The van der Waals surface area contributed by atoms with E-state index in [-0.39, 0.29) is 0 Å². The maximum Gasteiger partial charge on any atom is 0.101 e. The van der Waals surface area contributed by atoms with E-state index < -0.39 is 0 Å². The summed E-state index contributed by atoms with van der Waals surface area (Å²) in [5.41, 5.74) is 3.19. The molecule has 0 aromatic heterocycles. The SMILES string of the molecule is C=C(/C=C\C(C)C)N1CCC2(CC1)CC(C)N(c1ccc(C#N)c(Cl)c1)C2. The Morgan fingerprint density at radius 3 is 2.67 bits per heavy atom. The van der Waals surface area contributed by atoms with Crippen LogP contribution in [0.25, 0.3) is 0 Å². The molecule has 144 valence electrons. The summed E-state index contributed by atoms with van der Waals surface area (Å²) in [6, 6.07) is 8.45. The monoisotopic (exact) mass is 383 g/mol. The van der Waals surface area contributed by atoms with Gasteiger partial charge in [-0.25, -0.2) is 0 Å². The van der Waals surface area contributed by atoms with Gasteiger partial charge < -0.3 is 9.80 Å². The van der Waals surface area contributed by atoms with Crippen LogP contribution in [-0.4, -0.2) is 30.6 Å². The maximum atomic E-state index is 9.10. The van der Waals surface area contributed by atoms with E-state index in [2.05, 4.69) is 55.4 Å². The number of allylic oxidation sites excluding steroid dienone is 2. The second kappa shape index (κ2) is 7.98. The number of anilines is 1. The van der Waals surface area contributed by atoms with Gasteiger partial charge in [0.05, 0.1) is 10.6 Å². The van der Waals surface area contributed by atoms with Crippen LogP contribution in [0, 0.1) is 22.7 Å². The fourth-order valence-corrected chi connectivity index (χ4v) is 4.69. The van der Waals surface area contributed by atoms with Crippen LogP contribution in [0.1, 0.15) is 45.6 Å². The summed E-state index contributed by atoms with van der Waals surface area (Å²) in [5, 5.41) is 9.65. The highest BCUT2D eigenvalue weighted by atomic mass is 35.5. The Labute approximate surface area is 168 Å². The molecule has 1 aromatic rings. The first kappa shape index (κ1) is 19.8. The molecule has 2 fully saturated rings. The molecule has 2 heterocycles. The van der Waals surface area contributed by atoms with Gasteiger partial charge in [-0.05, 0) is 61.8 Å². The van der Waals surface area contributed by atoms with Crippen molar-refractivity contribution in [2.45, 2.75) is 46.1 Å². The van der Waals surface area contributed by atoms with Crippen molar-refractivity contribution in [2.75, 3.05) is 24.5 Å². The lowest BCUT2D eigenvalue weighted by Gasteiger charge is -2.40. The van der Waals surface area contributed by atoms with Crippen LogP contribution in [0.15, 0.2) is 42.6 Å². The first-order valence-corrected chi connectivity index (χ1v) is 10.3. The molecule has 0 aliphatic carbocycles. The van der Waals surface area contributed by atoms with E-state index >= 15 is 0 Å².